The molecule has 3 nitrogen and oxygen atoms in total. The minimum Gasteiger partial charge on any atom is -0.381 e. The summed E-state index contributed by atoms with van der Waals surface area (Å²) in [6.07, 6.45) is -1.92. The number of ether oxygens (including phenoxy) is 1. The van der Waals surface area contributed by atoms with Crippen LogP contribution < -0.4 is 0 Å². The Morgan fingerprint density at radius 3 is 2.55 bits per heavy atom. The summed E-state index contributed by atoms with van der Waals surface area (Å²) in [5, 5.41) is 0. The lowest BCUT2D eigenvalue weighted by atomic mass is 10.0. The fourth-order valence-electron chi connectivity index (χ4n) is 2.86. The molecule has 1 amide bonds. The third kappa shape index (κ3) is 3.27. The average molecular weight is 313 g/mol. The highest BCUT2D eigenvalue weighted by molar-refractivity contribution is 5.96. The fourth-order valence-corrected chi connectivity index (χ4v) is 2.86. The first kappa shape index (κ1) is 15.3. The van der Waals surface area contributed by atoms with E-state index in [1.807, 2.05) is 0 Å². The van der Waals surface area contributed by atoms with Crippen LogP contribution in [0, 0.1) is 5.92 Å². The van der Waals surface area contributed by atoms with Gasteiger partial charge in [-0.1, -0.05) is 12.1 Å². The number of benzene rings is 1. The largest absolute Gasteiger partial charge is 0.417 e. The zero-order chi connectivity index (χ0) is 15.7. The Hall–Kier alpha value is -1.56. The SMILES string of the molecule is O=C(c1ccccc1C(F)(F)F)N(CC1CCOC1)C1CC1. The summed E-state index contributed by atoms with van der Waals surface area (Å²) in [4.78, 5) is 14.3. The third-order valence-electron chi connectivity index (χ3n) is 4.19. The number of halogens is 3. The minimum atomic E-state index is -4.52. The fraction of sp³-hybridized carbons (Fsp3) is 0.562. The van der Waals surface area contributed by atoms with E-state index in [1.54, 1.807) is 4.90 Å². The summed E-state index contributed by atoms with van der Waals surface area (Å²) >= 11 is 0. The van der Waals surface area contributed by atoms with Gasteiger partial charge in [-0.05, 0) is 31.4 Å². The first-order chi connectivity index (χ1) is 10.5. The van der Waals surface area contributed by atoms with Crippen LogP contribution in [0.4, 0.5) is 13.2 Å². The molecule has 0 spiro atoms. The Labute approximate surface area is 127 Å². The Morgan fingerprint density at radius 2 is 1.95 bits per heavy atom. The maximum atomic E-state index is 13.1. The molecule has 2 fully saturated rings. The van der Waals surface area contributed by atoms with Crippen LogP contribution in [0.3, 0.4) is 0 Å². The van der Waals surface area contributed by atoms with Crippen molar-refractivity contribution in [1.82, 2.24) is 4.90 Å². The second-order valence-electron chi connectivity index (χ2n) is 5.96. The summed E-state index contributed by atoms with van der Waals surface area (Å²) in [5.41, 5.74) is -1.10. The van der Waals surface area contributed by atoms with Gasteiger partial charge in [-0.25, -0.2) is 0 Å². The number of rotatable bonds is 4. The molecule has 1 saturated carbocycles. The van der Waals surface area contributed by atoms with Crippen molar-refractivity contribution in [3.63, 3.8) is 0 Å². The molecule has 1 unspecified atom stereocenters. The summed E-state index contributed by atoms with van der Waals surface area (Å²) in [6, 6.07) is 5.11. The molecule has 120 valence electrons. The zero-order valence-corrected chi connectivity index (χ0v) is 12.1. The summed E-state index contributed by atoms with van der Waals surface area (Å²) in [7, 11) is 0. The van der Waals surface area contributed by atoms with Crippen LogP contribution in [0.2, 0.25) is 0 Å². The van der Waals surface area contributed by atoms with Crippen LogP contribution >= 0.6 is 0 Å². The van der Waals surface area contributed by atoms with Gasteiger partial charge >= 0.3 is 6.18 Å². The number of hydrogen-bond donors (Lipinski definition) is 0. The molecule has 1 heterocycles. The molecule has 3 rings (SSSR count). The lowest BCUT2D eigenvalue weighted by Gasteiger charge is -2.26. The number of nitrogens with zero attached hydrogens (tertiary/aromatic N) is 1. The zero-order valence-electron chi connectivity index (χ0n) is 12.1. The van der Waals surface area contributed by atoms with Gasteiger partial charge in [-0.15, -0.1) is 0 Å². The molecule has 1 aliphatic heterocycles. The molecule has 0 aromatic heterocycles. The van der Waals surface area contributed by atoms with Gasteiger partial charge in [0.25, 0.3) is 5.91 Å². The van der Waals surface area contributed by atoms with E-state index in [9.17, 15) is 18.0 Å². The van der Waals surface area contributed by atoms with Crippen molar-refractivity contribution in [1.29, 1.82) is 0 Å². The number of carbonyl (C=O) groups excluding carboxylic acids is 1. The van der Waals surface area contributed by atoms with Crippen LogP contribution in [0.1, 0.15) is 35.2 Å². The standard InChI is InChI=1S/C16H18F3NO2/c17-16(18,19)14-4-2-1-3-13(14)15(21)20(12-5-6-12)9-11-7-8-22-10-11/h1-4,11-12H,5-10H2. The van der Waals surface area contributed by atoms with Gasteiger partial charge in [0.1, 0.15) is 0 Å². The minimum absolute atomic E-state index is 0.0781. The normalized spacial score (nSPS) is 21.9. The highest BCUT2D eigenvalue weighted by atomic mass is 19.4. The quantitative estimate of drug-likeness (QED) is 0.853. The van der Waals surface area contributed by atoms with Gasteiger partial charge in [-0.3, -0.25) is 4.79 Å². The molecule has 1 aromatic carbocycles. The van der Waals surface area contributed by atoms with Crippen molar-refractivity contribution < 1.29 is 22.7 Å². The maximum Gasteiger partial charge on any atom is 0.417 e. The summed E-state index contributed by atoms with van der Waals surface area (Å²) < 4.78 is 44.6. The highest BCUT2D eigenvalue weighted by Gasteiger charge is 2.40. The molecule has 0 N–H and O–H groups in total. The van der Waals surface area contributed by atoms with Gasteiger partial charge in [-0.2, -0.15) is 13.2 Å². The molecule has 1 saturated heterocycles. The smallest absolute Gasteiger partial charge is 0.381 e. The Morgan fingerprint density at radius 1 is 1.23 bits per heavy atom. The number of hydrogen-bond acceptors (Lipinski definition) is 2. The van der Waals surface area contributed by atoms with Crippen molar-refractivity contribution in [3.8, 4) is 0 Å². The Balaban J connectivity index is 1.84. The number of amides is 1. The topological polar surface area (TPSA) is 29.5 Å². The van der Waals surface area contributed by atoms with Crippen LogP contribution in [-0.2, 0) is 10.9 Å². The highest BCUT2D eigenvalue weighted by Crippen LogP contribution is 2.35. The summed E-state index contributed by atoms with van der Waals surface area (Å²) in [5.74, 6) is -0.287. The van der Waals surface area contributed by atoms with Crippen molar-refractivity contribution in [3.05, 3.63) is 35.4 Å². The van der Waals surface area contributed by atoms with Crippen molar-refractivity contribution >= 4 is 5.91 Å². The third-order valence-corrected chi connectivity index (χ3v) is 4.19. The van der Waals surface area contributed by atoms with Crippen LogP contribution in [0.15, 0.2) is 24.3 Å². The molecule has 1 atom stereocenters. The molecular weight excluding hydrogens is 295 g/mol. The van der Waals surface area contributed by atoms with E-state index in [2.05, 4.69) is 0 Å². The van der Waals surface area contributed by atoms with Gasteiger partial charge in [0.05, 0.1) is 17.7 Å². The first-order valence-electron chi connectivity index (χ1n) is 7.52. The Kier molecular flexibility index (Phi) is 4.12. The molecule has 2 aliphatic rings. The monoisotopic (exact) mass is 313 g/mol. The molecular formula is C16H18F3NO2. The molecule has 1 aliphatic carbocycles. The van der Waals surface area contributed by atoms with E-state index in [4.69, 9.17) is 4.74 Å². The van der Waals surface area contributed by atoms with E-state index in [-0.39, 0.29) is 17.5 Å². The molecule has 0 bridgehead atoms. The van der Waals surface area contributed by atoms with Gasteiger partial charge in [0.15, 0.2) is 0 Å². The van der Waals surface area contributed by atoms with E-state index in [1.165, 1.54) is 18.2 Å². The van der Waals surface area contributed by atoms with Crippen LogP contribution in [-0.4, -0.2) is 36.6 Å². The predicted octanol–water partition coefficient (Wildman–Crippen LogP) is 3.35. The number of carbonyl (C=O) groups is 1. The second-order valence-corrected chi connectivity index (χ2v) is 5.96. The molecule has 1 aromatic rings. The van der Waals surface area contributed by atoms with Gasteiger partial charge in [0, 0.05) is 25.1 Å². The van der Waals surface area contributed by atoms with E-state index in [0.29, 0.717) is 19.8 Å². The molecule has 6 heteroatoms. The second kappa shape index (κ2) is 5.91. The first-order valence-corrected chi connectivity index (χ1v) is 7.52. The van der Waals surface area contributed by atoms with Crippen molar-refractivity contribution in [2.45, 2.75) is 31.5 Å². The van der Waals surface area contributed by atoms with Crippen molar-refractivity contribution in [2.24, 2.45) is 5.92 Å². The molecule has 22 heavy (non-hydrogen) atoms. The number of alkyl halides is 3. The van der Waals surface area contributed by atoms with Crippen LogP contribution in [0.5, 0.6) is 0 Å². The molecule has 0 radical (unpaired) electrons. The Bertz CT molecular complexity index is 549. The average Bonchev–Trinajstić information content (AvgIpc) is 3.20. The summed E-state index contributed by atoms with van der Waals surface area (Å²) in [6.45, 7) is 1.73. The predicted molar refractivity (Wildman–Crippen MR) is 74.4 cm³/mol. The lowest BCUT2D eigenvalue weighted by molar-refractivity contribution is -0.138. The van der Waals surface area contributed by atoms with Crippen LogP contribution in [0.25, 0.3) is 0 Å². The lowest BCUT2D eigenvalue weighted by Crippen LogP contribution is -2.38. The van der Waals surface area contributed by atoms with Gasteiger partial charge < -0.3 is 9.64 Å². The maximum absolute atomic E-state index is 13.1. The van der Waals surface area contributed by atoms with Gasteiger partial charge in [0.2, 0.25) is 0 Å². The van der Waals surface area contributed by atoms with E-state index < -0.39 is 17.6 Å². The van der Waals surface area contributed by atoms with E-state index in [0.717, 1.165) is 25.3 Å². The van der Waals surface area contributed by atoms with E-state index >= 15 is 0 Å². The van der Waals surface area contributed by atoms with Crippen molar-refractivity contribution in [2.75, 3.05) is 19.8 Å².